The van der Waals surface area contributed by atoms with Gasteiger partial charge in [0.05, 0.1) is 6.10 Å². The van der Waals surface area contributed by atoms with Crippen molar-refractivity contribution in [3.63, 3.8) is 0 Å². The van der Waals surface area contributed by atoms with Crippen molar-refractivity contribution in [3.05, 3.63) is 42.7 Å². The summed E-state index contributed by atoms with van der Waals surface area (Å²) in [5.74, 6) is 2.47. The molecule has 1 fully saturated rings. The van der Waals surface area contributed by atoms with Crippen LogP contribution in [0.25, 0.3) is 0 Å². The summed E-state index contributed by atoms with van der Waals surface area (Å²) in [7, 11) is 0. The largest absolute Gasteiger partial charge is 0.491 e. The van der Waals surface area contributed by atoms with Gasteiger partial charge in [0, 0.05) is 50.9 Å². The maximum Gasteiger partial charge on any atom is 0.195 e. The number of halogens is 1. The van der Waals surface area contributed by atoms with Crippen molar-refractivity contribution < 1.29 is 9.47 Å². The number of aliphatic imine (C=N–C) groups is 1. The van der Waals surface area contributed by atoms with Crippen molar-refractivity contribution in [2.75, 3.05) is 31.6 Å². The van der Waals surface area contributed by atoms with Crippen molar-refractivity contribution in [1.29, 1.82) is 0 Å². The first kappa shape index (κ1) is 25.5. The molecule has 31 heavy (non-hydrogen) atoms. The van der Waals surface area contributed by atoms with Crippen LogP contribution in [-0.2, 0) is 11.3 Å². The Hall–Kier alpha value is -1.81. The highest BCUT2D eigenvalue weighted by Gasteiger charge is 2.20. The minimum atomic E-state index is 0. The number of aryl methyl sites for hydroxylation is 1. The van der Waals surface area contributed by atoms with Gasteiger partial charge in [0.2, 0.25) is 0 Å². The number of hydrogen-bond donors (Lipinski definition) is 2. The molecule has 0 bridgehead atoms. The molecule has 2 N–H and O–H groups in total. The van der Waals surface area contributed by atoms with E-state index in [0.29, 0.717) is 0 Å². The van der Waals surface area contributed by atoms with Gasteiger partial charge < -0.3 is 20.1 Å². The van der Waals surface area contributed by atoms with E-state index in [2.05, 4.69) is 15.7 Å². The number of nitrogens with one attached hydrogen (secondary N) is 2. The summed E-state index contributed by atoms with van der Waals surface area (Å²) >= 11 is 0. The molecule has 1 saturated carbocycles. The molecule has 1 aliphatic rings. The molecule has 1 heterocycles. The zero-order valence-electron chi connectivity index (χ0n) is 18.6. The van der Waals surface area contributed by atoms with Gasteiger partial charge in [0.1, 0.15) is 5.75 Å². The van der Waals surface area contributed by atoms with Gasteiger partial charge in [-0.3, -0.25) is 9.67 Å². The highest BCUT2D eigenvalue weighted by Crippen LogP contribution is 2.28. The minimum Gasteiger partial charge on any atom is -0.491 e. The van der Waals surface area contributed by atoms with Gasteiger partial charge in [-0.15, -0.1) is 24.0 Å². The molecular formula is C23H36IN5O2. The maximum absolute atomic E-state index is 5.72. The van der Waals surface area contributed by atoms with Crippen molar-refractivity contribution in [3.8, 4) is 5.75 Å². The molecular weight excluding hydrogens is 505 g/mol. The Balaban J connectivity index is 0.00000341. The Bertz CT molecular complexity index is 746. The molecule has 0 spiro atoms. The summed E-state index contributed by atoms with van der Waals surface area (Å²) < 4.78 is 13.4. The number of ether oxygens (including phenoxy) is 2. The second-order valence-electron chi connectivity index (χ2n) is 7.97. The molecule has 0 atom stereocenters. The summed E-state index contributed by atoms with van der Waals surface area (Å²) in [6.45, 7) is 8.16. The Morgan fingerprint density at radius 2 is 2.03 bits per heavy atom. The third kappa shape index (κ3) is 10.9. The lowest BCUT2D eigenvalue weighted by atomic mass is 10.3. The summed E-state index contributed by atoms with van der Waals surface area (Å²) in [6, 6.07) is 9.91. The Kier molecular flexibility index (Phi) is 11.7. The Morgan fingerprint density at radius 3 is 2.71 bits per heavy atom. The van der Waals surface area contributed by atoms with Crippen LogP contribution >= 0.6 is 24.0 Å². The molecule has 1 aliphatic carbocycles. The lowest BCUT2D eigenvalue weighted by Crippen LogP contribution is -2.32. The number of nitrogens with zero attached hydrogens (tertiary/aromatic N) is 3. The first-order valence-electron chi connectivity index (χ1n) is 11.1. The highest BCUT2D eigenvalue weighted by atomic mass is 127. The zero-order valence-corrected chi connectivity index (χ0v) is 21.0. The number of guanidine groups is 1. The molecule has 0 saturated heterocycles. The normalized spacial score (nSPS) is 13.7. The molecule has 7 nitrogen and oxygen atoms in total. The van der Waals surface area contributed by atoms with Crippen LogP contribution < -0.4 is 15.4 Å². The SMILES string of the molecule is CC(C)Oc1ccc(NC(=NCCCn2cccn2)NCCCOCC2CC2)cc1.I. The second-order valence-corrected chi connectivity index (χ2v) is 7.97. The van der Waals surface area contributed by atoms with E-state index in [1.165, 1.54) is 12.8 Å². The van der Waals surface area contributed by atoms with Gasteiger partial charge >= 0.3 is 0 Å². The lowest BCUT2D eigenvalue weighted by Gasteiger charge is -2.14. The lowest BCUT2D eigenvalue weighted by molar-refractivity contribution is 0.123. The molecule has 1 aromatic carbocycles. The minimum absolute atomic E-state index is 0. The van der Waals surface area contributed by atoms with Crippen molar-refractivity contribution in [2.45, 2.75) is 52.2 Å². The third-order valence-electron chi connectivity index (χ3n) is 4.67. The van der Waals surface area contributed by atoms with Gasteiger partial charge in [0.25, 0.3) is 0 Å². The number of hydrogen-bond acceptors (Lipinski definition) is 4. The quantitative estimate of drug-likeness (QED) is 0.169. The van der Waals surface area contributed by atoms with Crippen LogP contribution in [0.4, 0.5) is 5.69 Å². The number of benzene rings is 1. The van der Waals surface area contributed by atoms with Crippen molar-refractivity contribution in [2.24, 2.45) is 10.9 Å². The Labute approximate surface area is 203 Å². The summed E-state index contributed by atoms with van der Waals surface area (Å²) in [6.07, 6.45) is 8.50. The molecule has 172 valence electrons. The van der Waals surface area contributed by atoms with Gasteiger partial charge in [-0.1, -0.05) is 0 Å². The van der Waals surface area contributed by atoms with E-state index in [0.717, 1.165) is 69.0 Å². The average Bonchev–Trinajstić information content (AvgIpc) is 3.41. The summed E-state index contributed by atoms with van der Waals surface area (Å²) in [5, 5.41) is 11.0. The molecule has 0 radical (unpaired) electrons. The fraction of sp³-hybridized carbons (Fsp3) is 0.565. The number of aromatic nitrogens is 2. The van der Waals surface area contributed by atoms with Crippen LogP contribution in [0.5, 0.6) is 5.75 Å². The summed E-state index contributed by atoms with van der Waals surface area (Å²) in [5.41, 5.74) is 0.981. The Morgan fingerprint density at radius 1 is 1.23 bits per heavy atom. The molecule has 1 aromatic heterocycles. The van der Waals surface area contributed by atoms with Crippen LogP contribution in [0.1, 0.15) is 39.5 Å². The van der Waals surface area contributed by atoms with E-state index in [4.69, 9.17) is 14.5 Å². The standard InChI is InChI=1S/C23H35N5O2.HI/c1-19(2)30-22-10-8-21(9-11-22)27-23(24-12-3-15-28-16-4-14-26-28)25-13-5-17-29-18-20-6-7-20;/h4,8-11,14,16,19-20H,3,5-7,12-13,15,17-18H2,1-2H3,(H2,24,25,27);1H. The topological polar surface area (TPSA) is 72.7 Å². The molecule has 0 amide bonds. The first-order valence-corrected chi connectivity index (χ1v) is 11.1. The van der Waals surface area contributed by atoms with Crippen molar-refractivity contribution in [1.82, 2.24) is 15.1 Å². The fourth-order valence-electron chi connectivity index (χ4n) is 2.94. The first-order chi connectivity index (χ1) is 14.7. The van der Waals surface area contributed by atoms with E-state index in [1.807, 2.05) is 55.1 Å². The maximum atomic E-state index is 5.72. The van der Waals surface area contributed by atoms with Crippen LogP contribution in [0.15, 0.2) is 47.7 Å². The molecule has 8 heteroatoms. The highest BCUT2D eigenvalue weighted by molar-refractivity contribution is 14.0. The third-order valence-corrected chi connectivity index (χ3v) is 4.67. The average molecular weight is 541 g/mol. The predicted molar refractivity (Wildman–Crippen MR) is 137 cm³/mol. The van der Waals surface area contributed by atoms with Gasteiger partial charge in [-0.05, 0) is 75.8 Å². The zero-order chi connectivity index (χ0) is 21.0. The van der Waals surface area contributed by atoms with Gasteiger partial charge in [-0.2, -0.15) is 5.10 Å². The monoisotopic (exact) mass is 541 g/mol. The van der Waals surface area contributed by atoms with Crippen LogP contribution in [0.3, 0.4) is 0 Å². The smallest absolute Gasteiger partial charge is 0.195 e. The molecule has 0 aliphatic heterocycles. The van der Waals surface area contributed by atoms with E-state index >= 15 is 0 Å². The van der Waals surface area contributed by atoms with Gasteiger partial charge in [0.15, 0.2) is 5.96 Å². The summed E-state index contributed by atoms with van der Waals surface area (Å²) in [4.78, 5) is 4.73. The fourth-order valence-corrected chi connectivity index (χ4v) is 2.94. The van der Waals surface area contributed by atoms with E-state index < -0.39 is 0 Å². The van der Waals surface area contributed by atoms with Crippen LogP contribution in [0, 0.1) is 5.92 Å². The van der Waals surface area contributed by atoms with E-state index in [1.54, 1.807) is 6.20 Å². The van der Waals surface area contributed by atoms with Gasteiger partial charge in [-0.25, -0.2) is 0 Å². The number of anilines is 1. The van der Waals surface area contributed by atoms with Crippen LogP contribution in [0.2, 0.25) is 0 Å². The van der Waals surface area contributed by atoms with Crippen molar-refractivity contribution >= 4 is 35.6 Å². The van der Waals surface area contributed by atoms with E-state index in [-0.39, 0.29) is 30.1 Å². The predicted octanol–water partition coefficient (Wildman–Crippen LogP) is 4.55. The molecule has 0 unspecified atom stereocenters. The second kappa shape index (κ2) is 14.3. The van der Waals surface area contributed by atoms with Crippen LogP contribution in [-0.4, -0.2) is 48.1 Å². The molecule has 2 aromatic rings. The number of rotatable bonds is 13. The van der Waals surface area contributed by atoms with E-state index in [9.17, 15) is 0 Å². The molecule has 3 rings (SSSR count).